The molecule has 0 aromatic carbocycles. The highest BCUT2D eigenvalue weighted by Gasteiger charge is 2.33. The summed E-state index contributed by atoms with van der Waals surface area (Å²) in [6.07, 6.45) is -0.738. The number of hydrogen-bond donors (Lipinski definition) is 1. The second-order valence-electron chi connectivity index (χ2n) is 4.19. The van der Waals surface area contributed by atoms with Crippen molar-refractivity contribution < 1.29 is 22.2 Å². The zero-order valence-corrected chi connectivity index (χ0v) is 11.4. The summed E-state index contributed by atoms with van der Waals surface area (Å²) in [4.78, 5) is 11.1. The van der Waals surface area contributed by atoms with Crippen LogP contribution in [-0.2, 0) is 22.0 Å². The third-order valence-electron chi connectivity index (χ3n) is 2.70. The zero-order valence-electron chi connectivity index (χ0n) is 10.5. The summed E-state index contributed by atoms with van der Waals surface area (Å²) in [6.45, 7) is 0. The van der Waals surface area contributed by atoms with Crippen LogP contribution < -0.4 is 4.72 Å². The van der Waals surface area contributed by atoms with Crippen molar-refractivity contribution in [3.8, 4) is 11.3 Å². The van der Waals surface area contributed by atoms with Crippen LogP contribution in [0.1, 0.15) is 5.69 Å². The Morgan fingerprint density at radius 2 is 2.00 bits per heavy atom. The van der Waals surface area contributed by atoms with Crippen LogP contribution in [0.15, 0.2) is 30.6 Å². The summed E-state index contributed by atoms with van der Waals surface area (Å²) in [6, 6.07) is 1.96. The first-order valence-electron chi connectivity index (χ1n) is 5.75. The van der Waals surface area contributed by atoms with Gasteiger partial charge in [0.05, 0.1) is 11.9 Å². The maximum absolute atomic E-state index is 12.4. The van der Waals surface area contributed by atoms with E-state index in [1.165, 1.54) is 17.1 Å². The van der Waals surface area contributed by atoms with E-state index in [4.69, 9.17) is 0 Å². The predicted molar refractivity (Wildman–Crippen MR) is 68.8 cm³/mol. The van der Waals surface area contributed by atoms with Gasteiger partial charge in [-0.25, -0.2) is 8.89 Å². The Morgan fingerprint density at radius 3 is 2.55 bits per heavy atom. The van der Waals surface area contributed by atoms with E-state index in [0.717, 1.165) is 18.2 Å². The molecular weight excluding hydrogens is 323 g/mol. The third kappa shape index (κ3) is 2.62. The number of alkyl halides is 3. The molecule has 1 aliphatic rings. The number of amides is 1. The Balaban J connectivity index is 1.90. The van der Waals surface area contributed by atoms with E-state index >= 15 is 0 Å². The van der Waals surface area contributed by atoms with E-state index in [-0.39, 0.29) is 10.7 Å². The highest BCUT2D eigenvalue weighted by molar-refractivity contribution is 7.93. The highest BCUT2D eigenvalue weighted by Crippen LogP contribution is 2.28. The summed E-state index contributed by atoms with van der Waals surface area (Å²) >= 11 is 0. The van der Waals surface area contributed by atoms with Crippen LogP contribution in [0.2, 0.25) is 0 Å². The van der Waals surface area contributed by atoms with E-state index in [2.05, 4.69) is 20.0 Å². The van der Waals surface area contributed by atoms with Crippen LogP contribution >= 0.6 is 0 Å². The Bertz CT molecular complexity index is 797. The van der Waals surface area contributed by atoms with Crippen molar-refractivity contribution in [1.29, 1.82) is 0 Å². The summed E-state index contributed by atoms with van der Waals surface area (Å²) < 4.78 is 52.2. The van der Waals surface area contributed by atoms with E-state index in [9.17, 15) is 22.2 Å². The van der Waals surface area contributed by atoms with E-state index in [1.807, 2.05) is 0 Å². The number of aromatic nitrogens is 4. The number of carbonyl (C=O) groups is 1. The van der Waals surface area contributed by atoms with E-state index < -0.39 is 28.8 Å². The molecule has 3 heterocycles. The molecule has 0 aliphatic carbocycles. The molecule has 0 bridgehead atoms. The van der Waals surface area contributed by atoms with Gasteiger partial charge in [0.2, 0.25) is 0 Å². The molecule has 0 fully saturated rings. The molecule has 2 aromatic rings. The van der Waals surface area contributed by atoms with E-state index in [1.54, 1.807) is 0 Å². The lowest BCUT2D eigenvalue weighted by atomic mass is 10.2. The number of carbonyl (C=O) groups excluding carboxylic acids is 1. The number of rotatable bonds is 2. The lowest BCUT2D eigenvalue weighted by Crippen LogP contribution is -2.17. The molecule has 1 amide bonds. The van der Waals surface area contributed by atoms with E-state index in [0.29, 0.717) is 5.56 Å². The van der Waals surface area contributed by atoms with Gasteiger partial charge in [-0.05, 0) is 12.1 Å². The highest BCUT2D eigenvalue weighted by atomic mass is 32.2. The van der Waals surface area contributed by atoms with Crippen molar-refractivity contribution in [2.24, 2.45) is 0 Å². The standard InChI is InChI=1S/C11H6F3N5O2S/c12-11(13,14)8-2-1-7(16-17-8)6-4-15-19(5-6)10-3-9(20)18-22(10)21/h1-5H,(H,18,20). The Morgan fingerprint density at radius 1 is 1.23 bits per heavy atom. The Kier molecular flexibility index (Phi) is 3.28. The monoisotopic (exact) mass is 329 g/mol. The first-order chi connectivity index (χ1) is 10.3. The number of nitrogens with zero attached hydrogens (tertiary/aromatic N) is 4. The molecule has 0 radical (unpaired) electrons. The third-order valence-corrected chi connectivity index (χ3v) is 3.77. The Labute approximate surface area is 123 Å². The largest absolute Gasteiger partial charge is 0.435 e. The van der Waals surface area contributed by atoms with Crippen LogP contribution in [0.5, 0.6) is 0 Å². The van der Waals surface area contributed by atoms with Crippen LogP contribution in [0.25, 0.3) is 16.3 Å². The molecule has 1 unspecified atom stereocenters. The minimum atomic E-state index is -4.56. The summed E-state index contributed by atoms with van der Waals surface area (Å²) in [5.74, 6) is -0.514. The average Bonchev–Trinajstić information content (AvgIpc) is 3.04. The fraction of sp³-hybridized carbons (Fsp3) is 0.0909. The van der Waals surface area contributed by atoms with Gasteiger partial charge in [-0.1, -0.05) is 0 Å². The van der Waals surface area contributed by atoms with Crippen molar-refractivity contribution in [2.45, 2.75) is 6.18 Å². The van der Waals surface area contributed by atoms with Gasteiger partial charge in [-0.2, -0.15) is 18.3 Å². The van der Waals surface area contributed by atoms with Gasteiger partial charge in [0.15, 0.2) is 21.7 Å². The first-order valence-corrected chi connectivity index (χ1v) is 6.90. The number of halogens is 3. The summed E-state index contributed by atoms with van der Waals surface area (Å²) in [5, 5.41) is 10.6. The number of nitrogens with one attached hydrogen (secondary N) is 1. The van der Waals surface area contributed by atoms with Crippen LogP contribution in [0.4, 0.5) is 13.2 Å². The van der Waals surface area contributed by atoms with Crippen molar-refractivity contribution in [3.05, 3.63) is 36.3 Å². The minimum absolute atomic E-state index is 0.121. The normalized spacial score (nSPS) is 18.2. The maximum atomic E-state index is 12.4. The van der Waals surface area contributed by atoms with Gasteiger partial charge < -0.3 is 0 Å². The van der Waals surface area contributed by atoms with Gasteiger partial charge in [0, 0.05) is 17.8 Å². The molecule has 1 N–H and O–H groups in total. The molecule has 0 saturated carbocycles. The van der Waals surface area contributed by atoms with Crippen LogP contribution in [0.3, 0.4) is 0 Å². The molecule has 3 rings (SSSR count). The quantitative estimate of drug-likeness (QED) is 0.886. The lowest BCUT2D eigenvalue weighted by Gasteiger charge is -2.04. The topological polar surface area (TPSA) is 89.8 Å². The SMILES string of the molecule is O=C1C=C(n2cc(-c3ccc(C(F)(F)F)nn3)cn2)S(=O)N1. The molecular formula is C11H6F3N5O2S. The van der Waals surface area contributed by atoms with Crippen molar-refractivity contribution >= 4 is 21.9 Å². The molecule has 114 valence electrons. The molecule has 22 heavy (non-hydrogen) atoms. The number of hydrogen-bond acceptors (Lipinski definition) is 5. The predicted octanol–water partition coefficient (Wildman–Crippen LogP) is 0.951. The maximum Gasteiger partial charge on any atom is 0.435 e. The fourth-order valence-electron chi connectivity index (χ4n) is 1.70. The smallest absolute Gasteiger partial charge is 0.269 e. The van der Waals surface area contributed by atoms with Gasteiger partial charge in [0.25, 0.3) is 5.91 Å². The molecule has 2 aromatic heterocycles. The second kappa shape index (κ2) is 5.02. The van der Waals surface area contributed by atoms with Crippen molar-refractivity contribution in [2.75, 3.05) is 0 Å². The molecule has 7 nitrogen and oxygen atoms in total. The molecule has 0 saturated heterocycles. The van der Waals surface area contributed by atoms with Gasteiger partial charge in [0.1, 0.15) is 0 Å². The van der Waals surface area contributed by atoms with Gasteiger partial charge in [-0.15, -0.1) is 10.2 Å². The first kappa shape index (κ1) is 14.4. The van der Waals surface area contributed by atoms with Crippen LogP contribution in [-0.4, -0.2) is 30.1 Å². The van der Waals surface area contributed by atoms with Crippen LogP contribution in [0, 0.1) is 0 Å². The fourth-order valence-corrected chi connectivity index (χ4v) is 2.53. The Hall–Kier alpha value is -2.56. The van der Waals surface area contributed by atoms with Crippen molar-refractivity contribution in [3.63, 3.8) is 0 Å². The molecule has 11 heteroatoms. The summed E-state index contributed by atoms with van der Waals surface area (Å²) in [7, 11) is -1.72. The lowest BCUT2D eigenvalue weighted by molar-refractivity contribution is -0.141. The molecule has 0 spiro atoms. The average molecular weight is 329 g/mol. The minimum Gasteiger partial charge on any atom is -0.269 e. The van der Waals surface area contributed by atoms with Gasteiger partial charge in [-0.3, -0.25) is 9.52 Å². The summed E-state index contributed by atoms with van der Waals surface area (Å²) in [5.41, 5.74) is -0.556. The van der Waals surface area contributed by atoms with Gasteiger partial charge >= 0.3 is 6.18 Å². The van der Waals surface area contributed by atoms with Crippen molar-refractivity contribution in [1.82, 2.24) is 24.7 Å². The second-order valence-corrected chi connectivity index (χ2v) is 5.35. The molecule has 1 atom stereocenters. The molecule has 1 aliphatic heterocycles. The zero-order chi connectivity index (χ0) is 15.9.